The lowest BCUT2D eigenvalue weighted by Gasteiger charge is -2.09. The Bertz CT molecular complexity index is 361. The van der Waals surface area contributed by atoms with Crippen molar-refractivity contribution in [1.29, 1.82) is 0 Å². The van der Waals surface area contributed by atoms with Gasteiger partial charge in [0.05, 0.1) is 5.88 Å². The van der Waals surface area contributed by atoms with Crippen molar-refractivity contribution in [3.63, 3.8) is 0 Å². The van der Waals surface area contributed by atoms with E-state index in [4.69, 9.17) is 5.11 Å². The molecular weight excluding hydrogens is 230 g/mol. The van der Waals surface area contributed by atoms with Gasteiger partial charge in [0.2, 0.25) is 0 Å². The van der Waals surface area contributed by atoms with Gasteiger partial charge < -0.3 is 15.0 Å². The fourth-order valence-electron chi connectivity index (χ4n) is 1.23. The van der Waals surface area contributed by atoms with Crippen LogP contribution in [0.5, 0.6) is 0 Å². The lowest BCUT2D eigenvalue weighted by molar-refractivity contribution is -0.136. The highest BCUT2D eigenvalue weighted by atomic mass is 32.2. The quantitative estimate of drug-likeness (QED) is 0.725. The normalized spacial score (nSPS) is 12.1. The van der Waals surface area contributed by atoms with Crippen molar-refractivity contribution in [2.75, 3.05) is 11.2 Å². The van der Waals surface area contributed by atoms with Crippen LogP contribution in [0.15, 0.2) is 24.3 Å². The molecule has 0 saturated carbocycles. The van der Waals surface area contributed by atoms with Crippen molar-refractivity contribution in [1.82, 2.24) is 0 Å². The summed E-state index contributed by atoms with van der Waals surface area (Å²) in [5.41, 5.74) is 1.54. The fraction of sp³-hybridized carbons (Fsp3) is 0.300. The molecule has 88 valence electrons. The Kier molecular flexibility index (Phi) is 4.94. The van der Waals surface area contributed by atoms with Gasteiger partial charge in [-0.15, -0.1) is 0 Å². The number of benzene rings is 1. The highest BCUT2D eigenvalue weighted by Crippen LogP contribution is 2.12. The van der Waals surface area contributed by atoms with Gasteiger partial charge in [-0.25, -0.2) is 0 Å². The maximum Gasteiger partial charge on any atom is 0.303 e. The molecule has 0 saturated heterocycles. The van der Waals surface area contributed by atoms with E-state index >= 15 is 0 Å². The number of carboxylic acids is 1. The minimum atomic E-state index is -2.14. The number of hydrogen-bond donors (Lipinski definition) is 2. The van der Waals surface area contributed by atoms with E-state index < -0.39 is 17.0 Å². The minimum absolute atomic E-state index is 0.0664. The lowest BCUT2D eigenvalue weighted by atomic mass is 10.1. The number of rotatable bonds is 6. The summed E-state index contributed by atoms with van der Waals surface area (Å²) < 4.78 is 20.7. The summed E-state index contributed by atoms with van der Waals surface area (Å²) in [7, 11) is 0. The van der Waals surface area contributed by atoms with Crippen LogP contribution in [0.2, 0.25) is 0 Å². The Labute approximate surface area is 95.8 Å². The highest BCUT2D eigenvalue weighted by molar-refractivity contribution is 7.79. The number of nitrogens with one attached hydrogen (secondary N) is 1. The third kappa shape index (κ3) is 4.90. The summed E-state index contributed by atoms with van der Waals surface area (Å²) in [6, 6.07) is 7.04. The molecule has 1 aromatic carbocycles. The van der Waals surface area contributed by atoms with Crippen molar-refractivity contribution >= 4 is 22.7 Å². The smallest absolute Gasteiger partial charge is 0.303 e. The van der Waals surface area contributed by atoms with Gasteiger partial charge in [0, 0.05) is 12.1 Å². The van der Waals surface area contributed by atoms with Crippen molar-refractivity contribution in [2.24, 2.45) is 0 Å². The molecule has 1 aromatic rings. The van der Waals surface area contributed by atoms with Crippen molar-refractivity contribution in [3.05, 3.63) is 29.8 Å². The third-order valence-corrected chi connectivity index (χ3v) is 2.33. The maximum absolute atomic E-state index is 10.4. The van der Waals surface area contributed by atoms with Crippen LogP contribution in [-0.2, 0) is 22.3 Å². The summed E-state index contributed by atoms with van der Waals surface area (Å²) in [6.07, 6.45) is 0.502. The molecule has 0 fully saturated rings. The van der Waals surface area contributed by atoms with Gasteiger partial charge in [-0.2, -0.15) is 0 Å². The Hall–Kier alpha value is -1.40. The molecule has 5 nitrogen and oxygen atoms in total. The zero-order chi connectivity index (χ0) is 12.0. The predicted octanol–water partition coefficient (Wildman–Crippen LogP) is 0.952. The van der Waals surface area contributed by atoms with E-state index in [0.717, 1.165) is 5.56 Å². The second-order valence-electron chi connectivity index (χ2n) is 3.22. The Morgan fingerprint density at radius 3 is 2.88 bits per heavy atom. The number of aliphatic carboxylic acids is 1. The van der Waals surface area contributed by atoms with Crippen LogP contribution in [0.3, 0.4) is 0 Å². The molecule has 0 radical (unpaired) electrons. The summed E-state index contributed by atoms with van der Waals surface area (Å²) in [4.78, 5) is 10.4. The second kappa shape index (κ2) is 6.24. The summed E-state index contributed by atoms with van der Waals surface area (Å²) in [5, 5.41) is 11.2. The molecule has 1 rings (SSSR count). The SMILES string of the molecule is O=C(O)CCc1cccc(NCS(=O)[O-])c1. The molecule has 1 unspecified atom stereocenters. The Morgan fingerprint density at radius 1 is 1.50 bits per heavy atom. The van der Waals surface area contributed by atoms with Gasteiger partial charge in [-0.3, -0.25) is 9.00 Å². The number of carboxylic acid groups (broad SMARTS) is 1. The van der Waals surface area contributed by atoms with Gasteiger partial charge in [-0.1, -0.05) is 12.1 Å². The number of anilines is 1. The zero-order valence-corrected chi connectivity index (χ0v) is 9.33. The molecule has 0 bridgehead atoms. The van der Waals surface area contributed by atoms with Crippen LogP contribution in [-0.4, -0.2) is 25.7 Å². The summed E-state index contributed by atoms with van der Waals surface area (Å²) in [6.45, 7) is 0. The zero-order valence-electron chi connectivity index (χ0n) is 8.51. The first kappa shape index (κ1) is 12.7. The Balaban J connectivity index is 2.56. The monoisotopic (exact) mass is 242 g/mol. The van der Waals surface area contributed by atoms with E-state index in [1.807, 2.05) is 6.07 Å². The molecule has 0 amide bonds. The van der Waals surface area contributed by atoms with Gasteiger partial charge in [0.1, 0.15) is 0 Å². The van der Waals surface area contributed by atoms with Crippen molar-refractivity contribution in [3.8, 4) is 0 Å². The van der Waals surface area contributed by atoms with Crippen LogP contribution >= 0.6 is 0 Å². The number of aryl methyl sites for hydroxylation is 1. The fourth-order valence-corrected chi connectivity index (χ4v) is 1.51. The predicted molar refractivity (Wildman–Crippen MR) is 59.8 cm³/mol. The Morgan fingerprint density at radius 2 is 2.25 bits per heavy atom. The topological polar surface area (TPSA) is 89.5 Å². The van der Waals surface area contributed by atoms with Crippen LogP contribution in [0.25, 0.3) is 0 Å². The summed E-state index contributed by atoms with van der Waals surface area (Å²) >= 11 is -2.14. The number of carbonyl (C=O) groups is 1. The van der Waals surface area contributed by atoms with E-state index in [2.05, 4.69) is 5.32 Å². The van der Waals surface area contributed by atoms with Gasteiger partial charge in [0.25, 0.3) is 0 Å². The minimum Gasteiger partial charge on any atom is -0.771 e. The van der Waals surface area contributed by atoms with Gasteiger partial charge in [-0.05, 0) is 35.2 Å². The average molecular weight is 242 g/mol. The molecule has 0 aliphatic carbocycles. The van der Waals surface area contributed by atoms with Crippen LogP contribution in [0.1, 0.15) is 12.0 Å². The molecule has 1 atom stereocenters. The lowest BCUT2D eigenvalue weighted by Crippen LogP contribution is -2.07. The summed E-state index contributed by atoms with van der Waals surface area (Å²) in [5.74, 6) is -0.999. The molecule has 0 heterocycles. The number of hydrogen-bond acceptors (Lipinski definition) is 4. The highest BCUT2D eigenvalue weighted by Gasteiger charge is 2.00. The van der Waals surface area contributed by atoms with E-state index in [-0.39, 0.29) is 12.3 Å². The van der Waals surface area contributed by atoms with E-state index in [1.54, 1.807) is 18.2 Å². The average Bonchev–Trinajstić information content (AvgIpc) is 2.24. The van der Waals surface area contributed by atoms with Gasteiger partial charge in [0.15, 0.2) is 0 Å². The molecule has 0 aliphatic heterocycles. The van der Waals surface area contributed by atoms with Crippen LogP contribution in [0, 0.1) is 0 Å². The first-order valence-electron chi connectivity index (χ1n) is 4.68. The van der Waals surface area contributed by atoms with Crippen molar-refractivity contribution < 1.29 is 18.7 Å². The molecule has 16 heavy (non-hydrogen) atoms. The van der Waals surface area contributed by atoms with E-state index in [0.29, 0.717) is 12.1 Å². The standard InChI is InChI=1S/C10H13NO4S/c12-10(13)5-4-8-2-1-3-9(6-8)11-7-16(14)15/h1-3,6,11H,4-5,7H2,(H,12,13)(H,14,15)/p-1. The molecule has 2 N–H and O–H groups in total. The first-order valence-corrected chi connectivity index (χ1v) is 5.93. The second-order valence-corrected chi connectivity index (χ2v) is 4.12. The van der Waals surface area contributed by atoms with E-state index in [9.17, 15) is 13.6 Å². The maximum atomic E-state index is 10.4. The van der Waals surface area contributed by atoms with Crippen LogP contribution < -0.4 is 5.32 Å². The molecule has 0 aromatic heterocycles. The molecule has 0 aliphatic rings. The van der Waals surface area contributed by atoms with Crippen molar-refractivity contribution in [2.45, 2.75) is 12.8 Å². The molecule has 0 spiro atoms. The van der Waals surface area contributed by atoms with Crippen LogP contribution in [0.4, 0.5) is 5.69 Å². The molecule has 6 heteroatoms. The van der Waals surface area contributed by atoms with E-state index in [1.165, 1.54) is 0 Å². The third-order valence-electron chi connectivity index (χ3n) is 1.95. The van der Waals surface area contributed by atoms with Gasteiger partial charge >= 0.3 is 5.97 Å². The first-order chi connectivity index (χ1) is 7.58. The largest absolute Gasteiger partial charge is 0.771 e. The molecular formula is C10H12NO4S-.